The monoisotopic (exact) mass is 303 g/mol. The van der Waals surface area contributed by atoms with Crippen LogP contribution in [0, 0.1) is 12.8 Å². The molecule has 1 aliphatic heterocycles. The molecule has 0 radical (unpaired) electrons. The summed E-state index contributed by atoms with van der Waals surface area (Å²) in [6, 6.07) is 3.90. The summed E-state index contributed by atoms with van der Waals surface area (Å²) in [5.74, 6) is 0.834. The van der Waals surface area contributed by atoms with Gasteiger partial charge in [0, 0.05) is 24.2 Å². The zero-order valence-corrected chi connectivity index (χ0v) is 13.4. The molecule has 1 aliphatic rings. The summed E-state index contributed by atoms with van der Waals surface area (Å²) in [5, 5.41) is 0.900. The van der Waals surface area contributed by atoms with Crippen molar-refractivity contribution in [3.8, 4) is 0 Å². The number of rotatable bonds is 2. The summed E-state index contributed by atoms with van der Waals surface area (Å²) in [5.41, 5.74) is 7.71. The van der Waals surface area contributed by atoms with Crippen LogP contribution in [0.3, 0.4) is 0 Å². The molecule has 0 saturated carbocycles. The van der Waals surface area contributed by atoms with Gasteiger partial charge in [0.15, 0.2) is 0 Å². The molecule has 112 valence electrons. The molecular formula is C16H21N3OS. The number of hydrogen-bond acceptors (Lipinski definition) is 4. The second-order valence-electron chi connectivity index (χ2n) is 5.79. The fraction of sp³-hybridized carbons (Fsp3) is 0.500. The molecule has 21 heavy (non-hydrogen) atoms. The number of thiophene rings is 1. The standard InChI is InChI=1S/C16H21N3OS/c1-3-11-6-8-19(9-7-11)16(20)14-13(17)12-5-4-10(2)18-15(12)21-14/h4-5,11H,3,6-9,17H2,1-2H3. The first-order valence-corrected chi connectivity index (χ1v) is 8.36. The Hall–Kier alpha value is -1.62. The SMILES string of the molecule is CCC1CCN(C(=O)c2sc3nc(C)ccc3c2N)CC1. The Morgan fingerprint density at radius 2 is 2.14 bits per heavy atom. The summed E-state index contributed by atoms with van der Waals surface area (Å²) < 4.78 is 0. The van der Waals surface area contributed by atoms with E-state index < -0.39 is 0 Å². The minimum Gasteiger partial charge on any atom is -0.397 e. The number of aromatic nitrogens is 1. The molecular weight excluding hydrogens is 282 g/mol. The minimum atomic E-state index is 0.0720. The number of hydrogen-bond donors (Lipinski definition) is 1. The number of anilines is 1. The topological polar surface area (TPSA) is 59.2 Å². The van der Waals surface area contributed by atoms with E-state index in [0.29, 0.717) is 10.6 Å². The summed E-state index contributed by atoms with van der Waals surface area (Å²) in [7, 11) is 0. The van der Waals surface area contributed by atoms with E-state index in [2.05, 4.69) is 11.9 Å². The van der Waals surface area contributed by atoms with Gasteiger partial charge in [-0.25, -0.2) is 4.98 Å². The number of aryl methyl sites for hydroxylation is 1. The van der Waals surface area contributed by atoms with Gasteiger partial charge in [-0.2, -0.15) is 0 Å². The van der Waals surface area contributed by atoms with Gasteiger partial charge in [-0.05, 0) is 37.8 Å². The van der Waals surface area contributed by atoms with Gasteiger partial charge in [0.05, 0.1) is 5.69 Å². The first-order chi connectivity index (χ1) is 10.1. The van der Waals surface area contributed by atoms with Gasteiger partial charge in [0.25, 0.3) is 5.91 Å². The minimum absolute atomic E-state index is 0.0720. The van der Waals surface area contributed by atoms with Gasteiger partial charge >= 0.3 is 0 Å². The number of piperidine rings is 1. The van der Waals surface area contributed by atoms with Gasteiger partial charge < -0.3 is 10.6 Å². The normalized spacial score (nSPS) is 16.6. The molecule has 3 heterocycles. The van der Waals surface area contributed by atoms with Crippen molar-refractivity contribution in [1.82, 2.24) is 9.88 Å². The predicted octanol–water partition coefficient (Wildman–Crippen LogP) is 3.45. The number of carbonyl (C=O) groups is 1. The van der Waals surface area contributed by atoms with E-state index in [1.54, 1.807) is 0 Å². The van der Waals surface area contributed by atoms with Gasteiger partial charge in [0.2, 0.25) is 0 Å². The Balaban J connectivity index is 1.86. The van der Waals surface area contributed by atoms with Crippen LogP contribution in [0.1, 0.15) is 41.6 Å². The number of carbonyl (C=O) groups excluding carboxylic acids is 1. The van der Waals surface area contributed by atoms with E-state index in [9.17, 15) is 4.79 Å². The molecule has 1 saturated heterocycles. The predicted molar refractivity (Wildman–Crippen MR) is 87.7 cm³/mol. The van der Waals surface area contributed by atoms with Crippen LogP contribution in [-0.2, 0) is 0 Å². The summed E-state index contributed by atoms with van der Waals surface area (Å²) in [6.07, 6.45) is 3.41. The third-order valence-corrected chi connectivity index (χ3v) is 5.51. The number of amides is 1. The highest BCUT2D eigenvalue weighted by Crippen LogP contribution is 2.34. The van der Waals surface area contributed by atoms with Gasteiger partial charge in [-0.1, -0.05) is 13.3 Å². The molecule has 3 rings (SSSR count). The van der Waals surface area contributed by atoms with Gasteiger partial charge in [0.1, 0.15) is 9.71 Å². The molecule has 0 atom stereocenters. The molecule has 5 heteroatoms. The Labute approximate surface area is 129 Å². The van der Waals surface area contributed by atoms with E-state index >= 15 is 0 Å². The number of likely N-dealkylation sites (tertiary alicyclic amines) is 1. The molecule has 1 amide bonds. The largest absolute Gasteiger partial charge is 0.397 e. The highest BCUT2D eigenvalue weighted by molar-refractivity contribution is 7.21. The van der Waals surface area contributed by atoms with Crippen molar-refractivity contribution in [2.75, 3.05) is 18.8 Å². The fourth-order valence-corrected chi connectivity index (χ4v) is 4.04. The third-order valence-electron chi connectivity index (χ3n) is 4.41. The molecule has 4 nitrogen and oxygen atoms in total. The van der Waals surface area contributed by atoms with Crippen molar-refractivity contribution in [2.45, 2.75) is 33.1 Å². The number of fused-ring (bicyclic) bond motifs is 1. The van der Waals surface area contributed by atoms with Crippen LogP contribution in [0.4, 0.5) is 5.69 Å². The lowest BCUT2D eigenvalue weighted by molar-refractivity contribution is 0.0695. The van der Waals surface area contributed by atoms with E-state index in [1.807, 2.05) is 24.0 Å². The smallest absolute Gasteiger partial charge is 0.266 e. The van der Waals surface area contributed by atoms with Gasteiger partial charge in [-0.15, -0.1) is 11.3 Å². The Kier molecular flexibility index (Phi) is 3.85. The first-order valence-electron chi connectivity index (χ1n) is 7.55. The first kappa shape index (κ1) is 14.3. The number of nitrogens with zero attached hydrogens (tertiary/aromatic N) is 2. The fourth-order valence-electron chi connectivity index (χ4n) is 2.94. The molecule has 2 N–H and O–H groups in total. The molecule has 2 aromatic rings. The Morgan fingerprint density at radius 3 is 2.81 bits per heavy atom. The summed E-state index contributed by atoms with van der Waals surface area (Å²) in [4.78, 5) is 20.6. The molecule has 0 aliphatic carbocycles. The highest BCUT2D eigenvalue weighted by Gasteiger charge is 2.26. The van der Waals surface area contributed by atoms with Crippen molar-refractivity contribution < 1.29 is 4.79 Å². The molecule has 2 aromatic heterocycles. The van der Waals surface area contributed by atoms with Crippen molar-refractivity contribution >= 4 is 33.1 Å². The third kappa shape index (κ3) is 2.62. The lowest BCUT2D eigenvalue weighted by Gasteiger charge is -2.31. The summed E-state index contributed by atoms with van der Waals surface area (Å²) in [6.45, 7) is 5.86. The van der Waals surface area contributed by atoms with E-state index in [4.69, 9.17) is 5.73 Å². The maximum atomic E-state index is 12.7. The van der Waals surface area contributed by atoms with E-state index in [0.717, 1.165) is 47.8 Å². The second kappa shape index (κ2) is 5.64. The maximum absolute atomic E-state index is 12.7. The second-order valence-corrected chi connectivity index (χ2v) is 6.79. The Bertz CT molecular complexity index is 671. The van der Waals surface area contributed by atoms with Crippen molar-refractivity contribution in [1.29, 1.82) is 0 Å². The van der Waals surface area contributed by atoms with Gasteiger partial charge in [-0.3, -0.25) is 4.79 Å². The zero-order valence-electron chi connectivity index (χ0n) is 12.6. The molecule has 1 fully saturated rings. The van der Waals surface area contributed by atoms with Crippen molar-refractivity contribution in [3.63, 3.8) is 0 Å². The number of pyridine rings is 1. The van der Waals surface area contributed by atoms with Crippen LogP contribution in [0.25, 0.3) is 10.2 Å². The number of nitrogens with two attached hydrogens (primary N) is 1. The molecule has 0 unspecified atom stereocenters. The Morgan fingerprint density at radius 1 is 1.43 bits per heavy atom. The lowest BCUT2D eigenvalue weighted by Crippen LogP contribution is -2.38. The zero-order chi connectivity index (χ0) is 15.0. The van der Waals surface area contributed by atoms with Crippen LogP contribution in [0.5, 0.6) is 0 Å². The summed E-state index contributed by atoms with van der Waals surface area (Å²) >= 11 is 1.42. The highest BCUT2D eigenvalue weighted by atomic mass is 32.1. The quantitative estimate of drug-likeness (QED) is 0.924. The molecule has 0 spiro atoms. The van der Waals surface area contributed by atoms with Crippen LogP contribution in [0.15, 0.2) is 12.1 Å². The average molecular weight is 303 g/mol. The number of nitrogen functional groups attached to an aromatic ring is 1. The van der Waals surface area contributed by atoms with Crippen LogP contribution in [0.2, 0.25) is 0 Å². The van der Waals surface area contributed by atoms with Crippen LogP contribution in [-0.4, -0.2) is 28.9 Å². The van der Waals surface area contributed by atoms with Crippen LogP contribution < -0.4 is 5.73 Å². The maximum Gasteiger partial charge on any atom is 0.266 e. The molecule has 0 bridgehead atoms. The van der Waals surface area contributed by atoms with Crippen LogP contribution >= 0.6 is 11.3 Å². The van der Waals surface area contributed by atoms with Crippen molar-refractivity contribution in [2.24, 2.45) is 5.92 Å². The lowest BCUT2D eigenvalue weighted by atomic mass is 9.94. The average Bonchev–Trinajstić information content (AvgIpc) is 2.83. The van der Waals surface area contributed by atoms with Crippen molar-refractivity contribution in [3.05, 3.63) is 22.7 Å². The molecule has 0 aromatic carbocycles. The van der Waals surface area contributed by atoms with E-state index in [-0.39, 0.29) is 5.91 Å². The van der Waals surface area contributed by atoms with E-state index in [1.165, 1.54) is 17.8 Å².